The van der Waals surface area contributed by atoms with Gasteiger partial charge in [0.15, 0.2) is 0 Å². The van der Waals surface area contributed by atoms with E-state index in [4.69, 9.17) is 5.11 Å². The molecule has 0 aliphatic rings. The van der Waals surface area contributed by atoms with Gasteiger partial charge in [-0.25, -0.2) is 4.79 Å². The Hall–Kier alpha value is -1.56. The highest BCUT2D eigenvalue weighted by molar-refractivity contribution is 9.10. The minimum atomic E-state index is -0.861. The molecule has 1 aromatic rings. The topological polar surface area (TPSA) is 69.6 Å². The van der Waals surface area contributed by atoms with E-state index in [9.17, 15) is 9.59 Å². The molecule has 0 unspecified atom stereocenters. The molecule has 0 saturated heterocycles. The lowest BCUT2D eigenvalue weighted by Crippen LogP contribution is -2.48. The van der Waals surface area contributed by atoms with Gasteiger partial charge in [0.2, 0.25) is 0 Å². The molecule has 0 fully saturated rings. The molecular weight excluding hydrogens is 336 g/mol. The highest BCUT2D eigenvalue weighted by atomic mass is 79.9. The van der Waals surface area contributed by atoms with Crippen LogP contribution in [-0.4, -0.2) is 34.6 Å². The Morgan fingerprint density at radius 1 is 1.38 bits per heavy atom. The van der Waals surface area contributed by atoms with Crippen LogP contribution in [0.3, 0.4) is 0 Å². The quantitative estimate of drug-likeness (QED) is 0.821. The number of carbonyl (C=O) groups is 2. The van der Waals surface area contributed by atoms with Gasteiger partial charge in [-0.2, -0.15) is 0 Å². The lowest BCUT2D eigenvalue weighted by atomic mass is 9.99. The molecule has 6 heteroatoms. The van der Waals surface area contributed by atoms with E-state index in [1.54, 1.807) is 11.9 Å². The monoisotopic (exact) mass is 356 g/mol. The molecule has 0 aliphatic carbocycles. The first-order chi connectivity index (χ1) is 9.69. The molecule has 0 saturated carbocycles. The fourth-order valence-corrected chi connectivity index (χ4v) is 2.29. The first kappa shape index (κ1) is 17.5. The van der Waals surface area contributed by atoms with Crippen LogP contribution in [0.25, 0.3) is 0 Å². The third-order valence-corrected chi connectivity index (χ3v) is 3.56. The average molecular weight is 357 g/mol. The van der Waals surface area contributed by atoms with Crippen LogP contribution >= 0.6 is 15.9 Å². The van der Waals surface area contributed by atoms with E-state index in [0.29, 0.717) is 13.0 Å². The van der Waals surface area contributed by atoms with Crippen molar-refractivity contribution in [2.24, 2.45) is 0 Å². The number of aliphatic carboxylic acids is 1. The normalized spacial score (nSPS) is 11.0. The zero-order chi connectivity index (χ0) is 16.0. The van der Waals surface area contributed by atoms with E-state index >= 15 is 0 Å². The summed E-state index contributed by atoms with van der Waals surface area (Å²) >= 11 is 3.40. The summed E-state index contributed by atoms with van der Waals surface area (Å²) in [7, 11) is 1.71. The Bertz CT molecular complexity index is 517. The first-order valence-corrected chi connectivity index (χ1v) is 7.48. The highest BCUT2D eigenvalue weighted by Crippen LogP contribution is 2.15. The van der Waals surface area contributed by atoms with Gasteiger partial charge < -0.3 is 15.3 Å². The Morgan fingerprint density at radius 3 is 2.62 bits per heavy atom. The fourth-order valence-electron chi connectivity index (χ4n) is 1.85. The van der Waals surface area contributed by atoms with E-state index in [2.05, 4.69) is 21.2 Å². The molecule has 1 aromatic carbocycles. The van der Waals surface area contributed by atoms with E-state index in [1.165, 1.54) is 0 Å². The largest absolute Gasteiger partial charge is 0.481 e. The van der Waals surface area contributed by atoms with E-state index in [0.717, 1.165) is 10.0 Å². The summed E-state index contributed by atoms with van der Waals surface area (Å²) in [6.45, 7) is 4.13. The van der Waals surface area contributed by atoms with Gasteiger partial charge in [-0.1, -0.05) is 28.1 Å². The number of amides is 2. The number of rotatable bonds is 6. The van der Waals surface area contributed by atoms with Crippen molar-refractivity contribution in [3.05, 3.63) is 34.3 Å². The van der Waals surface area contributed by atoms with Crippen LogP contribution in [0.5, 0.6) is 0 Å². The van der Waals surface area contributed by atoms with Crippen molar-refractivity contribution in [3.63, 3.8) is 0 Å². The van der Waals surface area contributed by atoms with Gasteiger partial charge >= 0.3 is 12.0 Å². The zero-order valence-electron chi connectivity index (χ0n) is 12.5. The molecule has 5 nitrogen and oxygen atoms in total. The number of carbonyl (C=O) groups excluding carboxylic acids is 1. The molecule has 1 rings (SSSR count). The molecule has 21 heavy (non-hydrogen) atoms. The molecule has 0 radical (unpaired) electrons. The maximum Gasteiger partial charge on any atom is 0.317 e. The summed E-state index contributed by atoms with van der Waals surface area (Å²) < 4.78 is 0.968. The van der Waals surface area contributed by atoms with E-state index < -0.39 is 11.5 Å². The summed E-state index contributed by atoms with van der Waals surface area (Å²) in [6, 6.07) is 7.54. The van der Waals surface area contributed by atoms with Crippen LogP contribution in [0.4, 0.5) is 4.79 Å². The lowest BCUT2D eigenvalue weighted by molar-refractivity contribution is -0.137. The molecule has 116 valence electrons. The second kappa shape index (κ2) is 7.45. The molecule has 0 aliphatic heterocycles. The maximum atomic E-state index is 12.1. The van der Waals surface area contributed by atoms with Gasteiger partial charge in [0.25, 0.3) is 0 Å². The van der Waals surface area contributed by atoms with Crippen molar-refractivity contribution >= 4 is 27.9 Å². The number of hydrogen-bond donors (Lipinski definition) is 2. The minimum Gasteiger partial charge on any atom is -0.481 e. The molecule has 0 atom stereocenters. The van der Waals surface area contributed by atoms with Gasteiger partial charge in [0.1, 0.15) is 0 Å². The highest BCUT2D eigenvalue weighted by Gasteiger charge is 2.23. The van der Waals surface area contributed by atoms with E-state index in [1.807, 2.05) is 38.1 Å². The maximum absolute atomic E-state index is 12.1. The van der Waals surface area contributed by atoms with Crippen molar-refractivity contribution in [2.45, 2.75) is 38.8 Å². The number of carboxylic acids is 1. The molecule has 2 N–H and O–H groups in total. The Balaban J connectivity index is 2.56. The third-order valence-electron chi connectivity index (χ3n) is 3.06. The lowest BCUT2D eigenvalue weighted by Gasteiger charge is -2.29. The van der Waals surface area contributed by atoms with Crippen LogP contribution in [0, 0.1) is 0 Å². The van der Waals surface area contributed by atoms with Gasteiger partial charge in [0, 0.05) is 30.0 Å². The van der Waals surface area contributed by atoms with Gasteiger partial charge in [-0.15, -0.1) is 0 Å². The summed E-state index contributed by atoms with van der Waals surface area (Å²) in [5.74, 6) is -0.861. The van der Waals surface area contributed by atoms with Crippen LogP contribution in [-0.2, 0) is 11.3 Å². The van der Waals surface area contributed by atoms with E-state index in [-0.39, 0.29) is 12.5 Å². The van der Waals surface area contributed by atoms with Crippen LogP contribution < -0.4 is 5.32 Å². The smallest absolute Gasteiger partial charge is 0.317 e. The third kappa shape index (κ3) is 6.62. The Morgan fingerprint density at radius 2 is 2.05 bits per heavy atom. The SMILES string of the molecule is CN(Cc1cccc(Br)c1)C(=O)NC(C)(C)CCC(=O)O. The standard InChI is InChI=1S/C15H21BrN2O3/c1-15(2,8-7-13(19)20)17-14(21)18(3)10-11-5-4-6-12(16)9-11/h4-6,9H,7-8,10H2,1-3H3,(H,17,21)(H,19,20). The second-order valence-electron chi connectivity index (χ2n) is 5.69. The molecule has 2 amide bonds. The summed E-state index contributed by atoms with van der Waals surface area (Å²) in [6.07, 6.45) is 0.418. The van der Waals surface area contributed by atoms with Crippen molar-refractivity contribution in [1.29, 1.82) is 0 Å². The Kier molecular flexibility index (Phi) is 6.20. The van der Waals surface area contributed by atoms with Gasteiger partial charge in [0.05, 0.1) is 0 Å². The van der Waals surface area contributed by atoms with Crippen LogP contribution in [0.2, 0.25) is 0 Å². The Labute approximate surface area is 133 Å². The summed E-state index contributed by atoms with van der Waals surface area (Å²) in [5.41, 5.74) is 0.464. The van der Waals surface area contributed by atoms with Crippen molar-refractivity contribution < 1.29 is 14.7 Å². The predicted molar refractivity (Wildman–Crippen MR) is 85.1 cm³/mol. The number of benzene rings is 1. The molecule has 0 spiro atoms. The van der Waals surface area contributed by atoms with Gasteiger partial charge in [-0.05, 0) is 38.0 Å². The number of urea groups is 1. The fraction of sp³-hybridized carbons (Fsp3) is 0.467. The molecule has 0 aromatic heterocycles. The summed E-state index contributed by atoms with van der Waals surface area (Å²) in [4.78, 5) is 24.3. The number of hydrogen-bond acceptors (Lipinski definition) is 2. The van der Waals surface area contributed by atoms with Crippen molar-refractivity contribution in [2.75, 3.05) is 7.05 Å². The number of nitrogens with zero attached hydrogens (tertiary/aromatic N) is 1. The predicted octanol–water partition coefficient (Wildman–Crippen LogP) is 3.23. The molecule has 0 bridgehead atoms. The number of nitrogens with one attached hydrogen (secondary N) is 1. The van der Waals surface area contributed by atoms with Crippen LogP contribution in [0.1, 0.15) is 32.3 Å². The number of halogens is 1. The van der Waals surface area contributed by atoms with Crippen molar-refractivity contribution in [1.82, 2.24) is 10.2 Å². The van der Waals surface area contributed by atoms with Gasteiger partial charge in [-0.3, -0.25) is 4.79 Å². The number of carboxylic acid groups (broad SMARTS) is 1. The second-order valence-corrected chi connectivity index (χ2v) is 6.61. The first-order valence-electron chi connectivity index (χ1n) is 6.69. The average Bonchev–Trinajstić information content (AvgIpc) is 2.36. The summed E-state index contributed by atoms with van der Waals surface area (Å²) in [5, 5.41) is 11.6. The molecular formula is C15H21BrN2O3. The molecule has 0 heterocycles. The minimum absolute atomic E-state index is 0.0304. The van der Waals surface area contributed by atoms with Crippen LogP contribution in [0.15, 0.2) is 28.7 Å². The van der Waals surface area contributed by atoms with Crippen molar-refractivity contribution in [3.8, 4) is 0 Å². The zero-order valence-corrected chi connectivity index (χ0v) is 14.1.